The van der Waals surface area contributed by atoms with Crippen LogP contribution in [0.5, 0.6) is 0 Å². The fourth-order valence-corrected chi connectivity index (χ4v) is 4.56. The molecule has 1 aromatic heterocycles. The lowest BCUT2D eigenvalue weighted by Crippen LogP contribution is -2.36. The van der Waals surface area contributed by atoms with E-state index in [0.29, 0.717) is 0 Å². The van der Waals surface area contributed by atoms with E-state index in [1.165, 1.54) is 17.5 Å². The maximum absolute atomic E-state index is 6.30. The number of hydrogen-bond acceptors (Lipinski definition) is 4. The molecule has 5 heteroatoms. The number of rotatable bonds is 6. The average molecular weight is 380 g/mol. The van der Waals surface area contributed by atoms with Gasteiger partial charge >= 0.3 is 0 Å². The van der Waals surface area contributed by atoms with Gasteiger partial charge in [0.2, 0.25) is 5.16 Å². The largest absolute Gasteiger partial charge is 0.369 e. The highest BCUT2D eigenvalue weighted by Gasteiger charge is 2.35. The molecule has 1 unspecified atom stereocenters. The minimum Gasteiger partial charge on any atom is -0.369 e. The summed E-state index contributed by atoms with van der Waals surface area (Å²) in [6.07, 6.45) is 4.41. The monoisotopic (exact) mass is 379 g/mol. The fourth-order valence-electron chi connectivity index (χ4n) is 3.54. The highest BCUT2D eigenvalue weighted by Crippen LogP contribution is 2.39. The summed E-state index contributed by atoms with van der Waals surface area (Å²) < 4.78 is 6.30. The molecule has 0 radical (unpaired) electrons. The predicted octanol–water partition coefficient (Wildman–Crippen LogP) is 5.22. The van der Waals surface area contributed by atoms with Crippen LogP contribution in [0.25, 0.3) is 11.4 Å². The fraction of sp³-hybridized carbons (Fsp3) is 0.364. The van der Waals surface area contributed by atoms with Crippen LogP contribution < -0.4 is 0 Å². The van der Waals surface area contributed by atoms with Crippen molar-refractivity contribution in [2.75, 3.05) is 12.4 Å². The molecule has 1 saturated heterocycles. The predicted molar refractivity (Wildman–Crippen MR) is 110 cm³/mol. The van der Waals surface area contributed by atoms with Gasteiger partial charge in [-0.2, -0.15) is 0 Å². The van der Waals surface area contributed by atoms with Gasteiger partial charge < -0.3 is 4.74 Å². The Morgan fingerprint density at radius 2 is 1.89 bits per heavy atom. The van der Waals surface area contributed by atoms with Crippen LogP contribution in [0, 0.1) is 0 Å². The SMILES string of the molecule is CCc1ccc(-c2nc(SCC3(c4ccccc4)CCCCO3)n[nH]2)cc1. The van der Waals surface area contributed by atoms with Crippen LogP contribution in [0.2, 0.25) is 0 Å². The molecular weight excluding hydrogens is 354 g/mol. The van der Waals surface area contributed by atoms with E-state index >= 15 is 0 Å². The smallest absolute Gasteiger partial charge is 0.208 e. The molecular formula is C22H25N3OS. The first-order valence-electron chi connectivity index (χ1n) is 9.63. The van der Waals surface area contributed by atoms with Crippen LogP contribution in [0.1, 0.15) is 37.3 Å². The van der Waals surface area contributed by atoms with Gasteiger partial charge in [-0.25, -0.2) is 4.98 Å². The van der Waals surface area contributed by atoms with Gasteiger partial charge in [-0.1, -0.05) is 73.3 Å². The summed E-state index contributed by atoms with van der Waals surface area (Å²) in [5.41, 5.74) is 3.40. The summed E-state index contributed by atoms with van der Waals surface area (Å²) in [6, 6.07) is 19.1. The number of ether oxygens (including phenoxy) is 1. The van der Waals surface area contributed by atoms with Gasteiger partial charge in [0.25, 0.3) is 0 Å². The average Bonchev–Trinajstić information content (AvgIpc) is 3.23. The number of H-pyrrole nitrogens is 1. The Labute approximate surface area is 164 Å². The van der Waals surface area contributed by atoms with Crippen LogP contribution in [-0.2, 0) is 16.8 Å². The molecule has 0 aliphatic carbocycles. The second kappa shape index (κ2) is 8.28. The first kappa shape index (κ1) is 18.3. The van der Waals surface area contributed by atoms with Crippen molar-refractivity contribution in [3.8, 4) is 11.4 Å². The van der Waals surface area contributed by atoms with E-state index in [1.54, 1.807) is 11.8 Å². The number of aryl methyl sites for hydroxylation is 1. The zero-order valence-electron chi connectivity index (χ0n) is 15.6. The van der Waals surface area contributed by atoms with E-state index in [-0.39, 0.29) is 5.60 Å². The first-order valence-corrected chi connectivity index (χ1v) is 10.6. The van der Waals surface area contributed by atoms with Gasteiger partial charge in [-0.15, -0.1) is 5.10 Å². The number of hydrogen-bond donors (Lipinski definition) is 1. The minimum atomic E-state index is -0.242. The Hall–Kier alpha value is -2.11. The summed E-state index contributed by atoms with van der Waals surface area (Å²) in [7, 11) is 0. The zero-order chi connectivity index (χ0) is 18.5. The normalized spacial score (nSPS) is 19.9. The Morgan fingerprint density at radius 1 is 1.07 bits per heavy atom. The summed E-state index contributed by atoms with van der Waals surface area (Å²) in [5.74, 6) is 1.64. The second-order valence-corrected chi connectivity index (χ2v) is 7.91. The molecule has 1 N–H and O–H groups in total. The summed E-state index contributed by atoms with van der Waals surface area (Å²) >= 11 is 1.67. The molecule has 4 rings (SSSR count). The van der Waals surface area contributed by atoms with E-state index in [9.17, 15) is 0 Å². The van der Waals surface area contributed by atoms with Gasteiger partial charge in [-0.3, -0.25) is 5.10 Å². The zero-order valence-corrected chi connectivity index (χ0v) is 16.5. The van der Waals surface area contributed by atoms with Crippen LogP contribution >= 0.6 is 11.8 Å². The molecule has 1 fully saturated rings. The summed E-state index contributed by atoms with van der Waals surface area (Å²) in [6.45, 7) is 2.98. The Balaban J connectivity index is 1.49. The topological polar surface area (TPSA) is 50.8 Å². The van der Waals surface area contributed by atoms with E-state index in [0.717, 1.165) is 48.2 Å². The number of benzene rings is 2. The van der Waals surface area contributed by atoms with Crippen LogP contribution in [0.3, 0.4) is 0 Å². The van der Waals surface area contributed by atoms with Gasteiger partial charge in [0, 0.05) is 17.9 Å². The molecule has 3 aromatic rings. The highest BCUT2D eigenvalue weighted by molar-refractivity contribution is 7.99. The minimum absolute atomic E-state index is 0.242. The third kappa shape index (κ3) is 4.09. The lowest BCUT2D eigenvalue weighted by Gasteiger charge is -2.37. The van der Waals surface area contributed by atoms with Crippen LogP contribution in [-0.4, -0.2) is 27.5 Å². The van der Waals surface area contributed by atoms with Crippen molar-refractivity contribution in [2.24, 2.45) is 0 Å². The van der Waals surface area contributed by atoms with Crippen molar-refractivity contribution in [3.05, 3.63) is 65.7 Å². The van der Waals surface area contributed by atoms with Crippen molar-refractivity contribution in [1.82, 2.24) is 15.2 Å². The molecule has 4 nitrogen and oxygen atoms in total. The number of aromatic nitrogens is 3. The molecule has 0 bridgehead atoms. The molecule has 2 heterocycles. The maximum atomic E-state index is 6.30. The third-order valence-corrected chi connectivity index (χ3v) is 6.24. The first-order chi connectivity index (χ1) is 13.3. The Kier molecular flexibility index (Phi) is 5.60. The maximum Gasteiger partial charge on any atom is 0.208 e. The van der Waals surface area contributed by atoms with E-state index in [2.05, 4.69) is 76.7 Å². The number of thioether (sulfide) groups is 1. The quantitative estimate of drug-likeness (QED) is 0.596. The van der Waals surface area contributed by atoms with Gasteiger partial charge in [0.1, 0.15) is 5.60 Å². The van der Waals surface area contributed by atoms with Crippen molar-refractivity contribution in [1.29, 1.82) is 0 Å². The molecule has 140 valence electrons. The second-order valence-electron chi connectivity index (χ2n) is 6.97. The number of nitrogens with one attached hydrogen (secondary N) is 1. The molecule has 1 atom stereocenters. The summed E-state index contributed by atoms with van der Waals surface area (Å²) in [5, 5.41) is 8.26. The van der Waals surface area contributed by atoms with Crippen LogP contribution in [0.15, 0.2) is 59.8 Å². The van der Waals surface area contributed by atoms with Crippen molar-refractivity contribution in [3.63, 3.8) is 0 Å². The molecule has 0 saturated carbocycles. The molecule has 2 aromatic carbocycles. The highest BCUT2D eigenvalue weighted by atomic mass is 32.2. The van der Waals surface area contributed by atoms with Gasteiger partial charge in [-0.05, 0) is 36.8 Å². The lowest BCUT2D eigenvalue weighted by atomic mass is 9.88. The molecule has 0 amide bonds. The van der Waals surface area contributed by atoms with Crippen molar-refractivity contribution in [2.45, 2.75) is 43.4 Å². The van der Waals surface area contributed by atoms with E-state index in [4.69, 9.17) is 4.74 Å². The standard InChI is InChI=1S/C22H25N3OS/c1-2-17-10-12-18(13-11-17)20-23-21(25-24-20)27-16-22(14-6-7-15-26-22)19-8-4-3-5-9-19/h3-5,8-13H,2,6-7,14-16H2,1H3,(H,23,24,25). The molecule has 1 aliphatic rings. The van der Waals surface area contributed by atoms with Crippen LogP contribution in [0.4, 0.5) is 0 Å². The van der Waals surface area contributed by atoms with Crippen molar-refractivity contribution < 1.29 is 4.74 Å². The van der Waals surface area contributed by atoms with Gasteiger partial charge in [0.05, 0.1) is 0 Å². The Bertz CT molecular complexity index is 855. The van der Waals surface area contributed by atoms with E-state index in [1.807, 2.05) is 0 Å². The number of aromatic amines is 1. The number of nitrogens with zero attached hydrogens (tertiary/aromatic N) is 2. The Morgan fingerprint density at radius 3 is 2.59 bits per heavy atom. The summed E-state index contributed by atoms with van der Waals surface area (Å²) in [4.78, 5) is 4.69. The molecule has 27 heavy (non-hydrogen) atoms. The van der Waals surface area contributed by atoms with Gasteiger partial charge in [0.15, 0.2) is 5.82 Å². The van der Waals surface area contributed by atoms with E-state index < -0.39 is 0 Å². The third-order valence-electron chi connectivity index (χ3n) is 5.19. The molecule has 1 aliphatic heterocycles. The molecule has 0 spiro atoms. The van der Waals surface area contributed by atoms with Crippen molar-refractivity contribution >= 4 is 11.8 Å². The lowest BCUT2D eigenvalue weighted by molar-refractivity contribution is -0.0663.